The molecule has 1 heterocycles. The van der Waals surface area contributed by atoms with Crippen LogP contribution in [0.15, 0.2) is 0 Å². The number of fused-ring (bicyclic) bond motifs is 2. The van der Waals surface area contributed by atoms with Gasteiger partial charge in [-0.3, -0.25) is 14.4 Å². The van der Waals surface area contributed by atoms with Crippen LogP contribution < -0.4 is 10.6 Å². The first-order valence-electron chi connectivity index (χ1n) is 10.6. The standard InChI is InChI=1S/C21H33N3O3/c1-12(25)22-11-21(2,3)20(27)23-18-16-9-24(10-17(16)18)19(26)13-4-6-14-8-15(14)7-5-13/h13-18H,4-11H2,1-3H3,(H,22,25)(H,23,27)/t13?,14-,15+,16-,17+,18?. The average Bonchev–Trinajstić information content (AvgIpc) is 3.46. The molecule has 0 bridgehead atoms. The van der Waals surface area contributed by atoms with Crippen LogP contribution in [0, 0.1) is 35.0 Å². The van der Waals surface area contributed by atoms with Crippen molar-refractivity contribution in [1.82, 2.24) is 15.5 Å². The van der Waals surface area contributed by atoms with Crippen LogP contribution in [0.25, 0.3) is 0 Å². The number of hydrogen-bond donors (Lipinski definition) is 2. The number of rotatable bonds is 5. The summed E-state index contributed by atoms with van der Waals surface area (Å²) in [6, 6.07) is 0.194. The predicted octanol–water partition coefficient (Wildman–Crippen LogP) is 1.55. The Morgan fingerprint density at radius 2 is 1.59 bits per heavy atom. The number of nitrogens with zero attached hydrogens (tertiary/aromatic N) is 1. The molecular weight excluding hydrogens is 342 g/mol. The van der Waals surface area contributed by atoms with Gasteiger partial charge in [0, 0.05) is 50.4 Å². The van der Waals surface area contributed by atoms with E-state index in [1.807, 2.05) is 13.8 Å². The number of hydrogen-bond acceptors (Lipinski definition) is 3. The minimum absolute atomic E-state index is 0.0171. The molecule has 3 aliphatic carbocycles. The highest BCUT2D eigenvalue weighted by Crippen LogP contribution is 2.50. The van der Waals surface area contributed by atoms with E-state index >= 15 is 0 Å². The summed E-state index contributed by atoms with van der Waals surface area (Å²) in [5.74, 6) is 3.10. The summed E-state index contributed by atoms with van der Waals surface area (Å²) in [6.45, 7) is 7.09. The molecule has 0 aromatic rings. The normalized spacial score (nSPS) is 36.9. The van der Waals surface area contributed by atoms with Crippen molar-refractivity contribution >= 4 is 17.7 Å². The lowest BCUT2D eigenvalue weighted by atomic mass is 9.92. The van der Waals surface area contributed by atoms with E-state index in [2.05, 4.69) is 15.5 Å². The van der Waals surface area contributed by atoms with Crippen LogP contribution in [-0.2, 0) is 14.4 Å². The van der Waals surface area contributed by atoms with Crippen LogP contribution in [0.2, 0.25) is 0 Å². The minimum Gasteiger partial charge on any atom is -0.355 e. The van der Waals surface area contributed by atoms with Gasteiger partial charge in [0.25, 0.3) is 0 Å². The van der Waals surface area contributed by atoms with Gasteiger partial charge in [0.05, 0.1) is 5.41 Å². The number of carbonyl (C=O) groups excluding carboxylic acids is 3. The van der Waals surface area contributed by atoms with Crippen molar-refractivity contribution in [2.24, 2.45) is 35.0 Å². The molecule has 6 atom stereocenters. The molecule has 0 radical (unpaired) electrons. The summed E-state index contributed by atoms with van der Waals surface area (Å²) < 4.78 is 0. The second-order valence-corrected chi connectivity index (χ2v) is 9.97. The molecule has 6 heteroatoms. The number of likely N-dealkylation sites (tertiary alicyclic amines) is 1. The van der Waals surface area contributed by atoms with Crippen molar-refractivity contribution in [2.45, 2.75) is 58.9 Å². The van der Waals surface area contributed by atoms with Crippen molar-refractivity contribution < 1.29 is 14.4 Å². The zero-order chi connectivity index (χ0) is 19.3. The highest BCUT2D eigenvalue weighted by atomic mass is 16.2. The first kappa shape index (κ1) is 18.8. The third-order valence-electron chi connectivity index (χ3n) is 7.39. The maximum absolute atomic E-state index is 12.9. The van der Waals surface area contributed by atoms with Crippen LogP contribution in [0.3, 0.4) is 0 Å². The summed E-state index contributed by atoms with van der Waals surface area (Å²) in [5, 5.41) is 5.88. The molecule has 1 saturated heterocycles. The molecule has 150 valence electrons. The minimum atomic E-state index is -0.626. The van der Waals surface area contributed by atoms with Gasteiger partial charge >= 0.3 is 0 Å². The molecular formula is C21H33N3O3. The molecule has 27 heavy (non-hydrogen) atoms. The van der Waals surface area contributed by atoms with Gasteiger partial charge in [-0.1, -0.05) is 0 Å². The molecule has 0 aromatic carbocycles. The van der Waals surface area contributed by atoms with Crippen LogP contribution in [0.5, 0.6) is 0 Å². The molecule has 0 aromatic heterocycles. The van der Waals surface area contributed by atoms with Crippen molar-refractivity contribution in [2.75, 3.05) is 19.6 Å². The van der Waals surface area contributed by atoms with Crippen LogP contribution >= 0.6 is 0 Å². The monoisotopic (exact) mass is 375 g/mol. The van der Waals surface area contributed by atoms with E-state index in [0.717, 1.165) is 37.8 Å². The molecule has 4 fully saturated rings. The number of piperidine rings is 1. The van der Waals surface area contributed by atoms with E-state index in [1.54, 1.807) is 0 Å². The lowest BCUT2D eigenvalue weighted by Crippen LogP contribution is -2.47. The number of carbonyl (C=O) groups is 3. The Kier molecular flexibility index (Phi) is 4.71. The molecule has 6 nitrogen and oxygen atoms in total. The molecule has 1 aliphatic heterocycles. The van der Waals surface area contributed by atoms with Gasteiger partial charge in [-0.05, 0) is 57.8 Å². The SMILES string of the molecule is CC(=O)NCC(C)(C)C(=O)NC1[C@H]2CN(C(=O)C3CC[C@@H]4C[C@@H]4CC3)C[C@@H]12. The second-order valence-electron chi connectivity index (χ2n) is 9.97. The Hall–Kier alpha value is -1.59. The Morgan fingerprint density at radius 3 is 2.15 bits per heavy atom. The zero-order valence-electron chi connectivity index (χ0n) is 16.8. The summed E-state index contributed by atoms with van der Waals surface area (Å²) in [7, 11) is 0. The van der Waals surface area contributed by atoms with E-state index in [9.17, 15) is 14.4 Å². The summed E-state index contributed by atoms with van der Waals surface area (Å²) in [6.07, 6.45) is 6.02. The van der Waals surface area contributed by atoms with Crippen molar-refractivity contribution in [3.05, 3.63) is 0 Å². The highest BCUT2D eigenvalue weighted by Gasteiger charge is 2.58. The van der Waals surface area contributed by atoms with E-state index in [-0.39, 0.29) is 23.8 Å². The third-order valence-corrected chi connectivity index (χ3v) is 7.39. The van der Waals surface area contributed by atoms with E-state index in [4.69, 9.17) is 0 Å². The Labute approximate surface area is 161 Å². The molecule has 4 aliphatic rings. The lowest BCUT2D eigenvalue weighted by Gasteiger charge is -2.27. The van der Waals surface area contributed by atoms with Crippen molar-refractivity contribution in [3.8, 4) is 0 Å². The Morgan fingerprint density at radius 1 is 1.00 bits per heavy atom. The van der Waals surface area contributed by atoms with Gasteiger partial charge in [0.2, 0.25) is 17.7 Å². The van der Waals surface area contributed by atoms with Gasteiger partial charge in [-0.25, -0.2) is 0 Å². The number of nitrogens with one attached hydrogen (secondary N) is 2. The van der Waals surface area contributed by atoms with Crippen LogP contribution in [0.1, 0.15) is 52.9 Å². The van der Waals surface area contributed by atoms with E-state index in [1.165, 1.54) is 26.2 Å². The molecule has 0 spiro atoms. The smallest absolute Gasteiger partial charge is 0.227 e. The predicted molar refractivity (Wildman–Crippen MR) is 102 cm³/mol. The third kappa shape index (κ3) is 3.85. The fraction of sp³-hybridized carbons (Fsp3) is 0.857. The highest BCUT2D eigenvalue weighted by molar-refractivity contribution is 5.84. The molecule has 2 N–H and O–H groups in total. The summed E-state index contributed by atoms with van der Waals surface area (Å²) in [5.41, 5.74) is -0.626. The topological polar surface area (TPSA) is 78.5 Å². The van der Waals surface area contributed by atoms with Crippen molar-refractivity contribution in [1.29, 1.82) is 0 Å². The van der Waals surface area contributed by atoms with Gasteiger partial charge in [-0.2, -0.15) is 0 Å². The average molecular weight is 376 g/mol. The van der Waals surface area contributed by atoms with E-state index < -0.39 is 5.41 Å². The van der Waals surface area contributed by atoms with Gasteiger partial charge in [0.1, 0.15) is 0 Å². The summed E-state index contributed by atoms with van der Waals surface area (Å²) in [4.78, 5) is 38.6. The molecule has 2 unspecified atom stereocenters. The quantitative estimate of drug-likeness (QED) is 0.765. The maximum atomic E-state index is 12.9. The van der Waals surface area contributed by atoms with Gasteiger partial charge in [-0.15, -0.1) is 0 Å². The molecule has 4 rings (SSSR count). The maximum Gasteiger partial charge on any atom is 0.227 e. The van der Waals surface area contributed by atoms with Crippen LogP contribution in [0.4, 0.5) is 0 Å². The van der Waals surface area contributed by atoms with Crippen LogP contribution in [-0.4, -0.2) is 48.3 Å². The Bertz CT molecular complexity index is 623. The lowest BCUT2D eigenvalue weighted by molar-refractivity contribution is -0.135. The second kappa shape index (κ2) is 6.78. The fourth-order valence-electron chi connectivity index (χ4n) is 5.19. The number of amides is 3. The van der Waals surface area contributed by atoms with E-state index in [0.29, 0.717) is 24.3 Å². The Balaban J connectivity index is 1.23. The fourth-order valence-corrected chi connectivity index (χ4v) is 5.19. The molecule has 3 amide bonds. The first-order chi connectivity index (χ1) is 12.8. The largest absolute Gasteiger partial charge is 0.355 e. The van der Waals surface area contributed by atoms with Gasteiger partial charge < -0.3 is 15.5 Å². The van der Waals surface area contributed by atoms with Crippen molar-refractivity contribution in [3.63, 3.8) is 0 Å². The molecule has 3 saturated carbocycles. The first-order valence-corrected chi connectivity index (χ1v) is 10.6. The zero-order valence-corrected chi connectivity index (χ0v) is 16.8. The van der Waals surface area contributed by atoms with Gasteiger partial charge in [0.15, 0.2) is 0 Å². The summed E-state index contributed by atoms with van der Waals surface area (Å²) >= 11 is 0.